The lowest BCUT2D eigenvalue weighted by Crippen LogP contribution is -2.36. The summed E-state index contributed by atoms with van der Waals surface area (Å²) in [4.78, 5) is 11.1. The van der Waals surface area contributed by atoms with E-state index in [9.17, 15) is 9.90 Å². The highest BCUT2D eigenvalue weighted by Gasteiger charge is 2.51. The van der Waals surface area contributed by atoms with E-state index in [1.807, 2.05) is 6.92 Å². The van der Waals surface area contributed by atoms with Gasteiger partial charge in [-0.05, 0) is 13.0 Å². The minimum Gasteiger partial charge on any atom is -0.457 e. The van der Waals surface area contributed by atoms with Crippen LogP contribution in [0.1, 0.15) is 13.3 Å². The maximum atomic E-state index is 11.1. The van der Waals surface area contributed by atoms with E-state index in [4.69, 9.17) is 9.47 Å². The zero-order valence-corrected chi connectivity index (χ0v) is 7.40. The summed E-state index contributed by atoms with van der Waals surface area (Å²) in [6.07, 6.45) is 2.97. The van der Waals surface area contributed by atoms with Gasteiger partial charge < -0.3 is 14.6 Å². The molecule has 72 valence electrons. The van der Waals surface area contributed by atoms with Gasteiger partial charge in [-0.15, -0.1) is 0 Å². The van der Waals surface area contributed by atoms with Crippen molar-refractivity contribution in [3.8, 4) is 0 Å². The molecule has 2 bridgehead atoms. The van der Waals surface area contributed by atoms with Gasteiger partial charge in [0.1, 0.15) is 12.2 Å². The van der Waals surface area contributed by atoms with E-state index < -0.39 is 11.6 Å². The van der Waals surface area contributed by atoms with Gasteiger partial charge in [-0.2, -0.15) is 0 Å². The Labute approximate surface area is 76.1 Å². The Morgan fingerprint density at radius 1 is 1.85 bits per heavy atom. The first kappa shape index (κ1) is 8.72. The van der Waals surface area contributed by atoms with Crippen molar-refractivity contribution < 1.29 is 19.4 Å². The van der Waals surface area contributed by atoms with Crippen LogP contribution in [0.25, 0.3) is 0 Å². The highest BCUT2D eigenvalue weighted by Crippen LogP contribution is 2.34. The van der Waals surface area contributed by atoms with E-state index in [0.29, 0.717) is 13.0 Å². The van der Waals surface area contributed by atoms with E-state index in [1.54, 1.807) is 6.08 Å². The molecule has 1 saturated heterocycles. The Morgan fingerprint density at radius 2 is 2.62 bits per heavy atom. The first-order valence-electron chi connectivity index (χ1n) is 4.40. The molecule has 0 saturated carbocycles. The third kappa shape index (κ3) is 1.26. The van der Waals surface area contributed by atoms with E-state index >= 15 is 0 Å². The molecular weight excluding hydrogens is 172 g/mol. The number of carbonyl (C=O) groups excluding carboxylic acids is 1. The van der Waals surface area contributed by atoms with Gasteiger partial charge in [-0.1, -0.05) is 6.08 Å². The average Bonchev–Trinajstić information content (AvgIpc) is 2.32. The number of aliphatic hydroxyl groups is 1. The van der Waals surface area contributed by atoms with E-state index in [-0.39, 0.29) is 12.2 Å². The first-order chi connectivity index (χ1) is 6.15. The Hall–Kier alpha value is -0.870. The maximum Gasteiger partial charge on any atom is 0.342 e. The minimum absolute atomic E-state index is 0.197. The van der Waals surface area contributed by atoms with Gasteiger partial charge >= 0.3 is 5.97 Å². The van der Waals surface area contributed by atoms with Crippen molar-refractivity contribution in [1.29, 1.82) is 0 Å². The number of carbonyl (C=O) groups is 1. The largest absolute Gasteiger partial charge is 0.457 e. The van der Waals surface area contributed by atoms with Crippen LogP contribution < -0.4 is 0 Å². The summed E-state index contributed by atoms with van der Waals surface area (Å²) in [7, 11) is 0. The number of esters is 1. The lowest BCUT2D eigenvalue weighted by atomic mass is 9.91. The first-order valence-corrected chi connectivity index (χ1v) is 4.40. The number of hydrogen-bond donors (Lipinski definition) is 1. The van der Waals surface area contributed by atoms with Gasteiger partial charge in [0, 0.05) is 13.0 Å². The molecule has 0 spiro atoms. The fourth-order valence-electron chi connectivity index (χ4n) is 1.72. The number of ether oxygens (including phenoxy) is 2. The van der Waals surface area contributed by atoms with Crippen molar-refractivity contribution in [2.45, 2.75) is 31.2 Å². The van der Waals surface area contributed by atoms with Crippen LogP contribution in [0.15, 0.2) is 12.2 Å². The standard InChI is InChI=1S/C9H12O4/c1-2-12-6-3-4-9(11)5-7(6)13-8(9)10/h3-4,6-7,11H,2,5H2,1H3/t6-,7+,9+/m1/s1. The second kappa shape index (κ2) is 2.82. The van der Waals surface area contributed by atoms with E-state index in [2.05, 4.69) is 0 Å². The summed E-state index contributed by atoms with van der Waals surface area (Å²) < 4.78 is 10.3. The van der Waals surface area contributed by atoms with E-state index in [1.165, 1.54) is 6.08 Å². The molecule has 0 amide bonds. The van der Waals surface area contributed by atoms with Crippen molar-refractivity contribution >= 4 is 5.97 Å². The molecule has 0 aromatic carbocycles. The van der Waals surface area contributed by atoms with Gasteiger partial charge in [0.15, 0.2) is 5.60 Å². The zero-order valence-electron chi connectivity index (χ0n) is 7.40. The summed E-state index contributed by atoms with van der Waals surface area (Å²) in [6.45, 7) is 2.45. The Balaban J connectivity index is 2.18. The van der Waals surface area contributed by atoms with Crippen molar-refractivity contribution in [2.24, 2.45) is 0 Å². The van der Waals surface area contributed by atoms with Gasteiger partial charge in [0.2, 0.25) is 0 Å². The summed E-state index contributed by atoms with van der Waals surface area (Å²) in [5, 5.41) is 9.66. The molecule has 0 radical (unpaired) electrons. The lowest BCUT2D eigenvalue weighted by Gasteiger charge is -2.23. The number of rotatable bonds is 2. The quantitative estimate of drug-likeness (QED) is 0.485. The third-order valence-electron chi connectivity index (χ3n) is 2.41. The van der Waals surface area contributed by atoms with Crippen LogP contribution in [0.4, 0.5) is 0 Å². The molecule has 1 aliphatic carbocycles. The monoisotopic (exact) mass is 184 g/mol. The van der Waals surface area contributed by atoms with Crippen molar-refractivity contribution in [1.82, 2.24) is 0 Å². The SMILES string of the molecule is CCO[C@@H]1C=C[C@]2(O)C[C@@H]1OC2=O. The molecule has 1 aliphatic heterocycles. The van der Waals surface area contributed by atoms with Crippen LogP contribution in [0.2, 0.25) is 0 Å². The van der Waals surface area contributed by atoms with Crippen LogP contribution in [0, 0.1) is 0 Å². The molecule has 3 atom stereocenters. The number of hydrogen-bond acceptors (Lipinski definition) is 4. The van der Waals surface area contributed by atoms with Crippen LogP contribution in [-0.4, -0.2) is 35.5 Å². The van der Waals surface area contributed by atoms with Gasteiger partial charge in [-0.3, -0.25) is 0 Å². The van der Waals surface area contributed by atoms with E-state index in [0.717, 1.165) is 0 Å². The highest BCUT2D eigenvalue weighted by atomic mass is 16.6. The smallest absolute Gasteiger partial charge is 0.342 e. The molecular formula is C9H12O4. The summed E-state index contributed by atoms with van der Waals surface area (Å²) >= 11 is 0. The molecule has 1 fully saturated rings. The molecule has 0 aromatic rings. The minimum atomic E-state index is -1.39. The molecule has 13 heavy (non-hydrogen) atoms. The fourth-order valence-corrected chi connectivity index (χ4v) is 1.72. The molecule has 4 heteroatoms. The molecule has 1 N–H and O–H groups in total. The fraction of sp³-hybridized carbons (Fsp3) is 0.667. The maximum absolute atomic E-state index is 11.1. The highest BCUT2D eigenvalue weighted by molar-refractivity contribution is 5.84. The van der Waals surface area contributed by atoms with Crippen molar-refractivity contribution in [3.63, 3.8) is 0 Å². The predicted molar refractivity (Wildman–Crippen MR) is 44.0 cm³/mol. The number of fused-ring (bicyclic) bond motifs is 2. The summed E-state index contributed by atoms with van der Waals surface area (Å²) in [6, 6.07) is 0. The average molecular weight is 184 g/mol. The second-order valence-corrected chi connectivity index (χ2v) is 3.35. The van der Waals surface area contributed by atoms with Gasteiger partial charge in [0.25, 0.3) is 0 Å². The van der Waals surface area contributed by atoms with Gasteiger partial charge in [0.05, 0.1) is 0 Å². The van der Waals surface area contributed by atoms with Gasteiger partial charge in [-0.25, -0.2) is 4.79 Å². The summed E-state index contributed by atoms with van der Waals surface area (Å²) in [5.74, 6) is -0.559. The van der Waals surface area contributed by atoms with Crippen LogP contribution in [-0.2, 0) is 14.3 Å². The summed E-state index contributed by atoms with van der Waals surface area (Å²) in [5.41, 5.74) is -1.39. The zero-order chi connectivity index (χ0) is 9.47. The Kier molecular flexibility index (Phi) is 1.89. The topological polar surface area (TPSA) is 55.8 Å². The van der Waals surface area contributed by atoms with Crippen molar-refractivity contribution in [3.05, 3.63) is 12.2 Å². The lowest BCUT2D eigenvalue weighted by molar-refractivity contribution is -0.153. The molecule has 4 nitrogen and oxygen atoms in total. The molecule has 2 rings (SSSR count). The van der Waals surface area contributed by atoms with Crippen LogP contribution in [0.3, 0.4) is 0 Å². The predicted octanol–water partition coefficient (Wildman–Crippen LogP) is 0.00790. The normalized spacial score (nSPS) is 42.2. The van der Waals surface area contributed by atoms with Crippen molar-refractivity contribution in [2.75, 3.05) is 6.61 Å². The van der Waals surface area contributed by atoms with Crippen LogP contribution in [0.5, 0.6) is 0 Å². The Morgan fingerprint density at radius 3 is 3.31 bits per heavy atom. The molecule has 0 unspecified atom stereocenters. The Bertz CT molecular complexity index is 260. The third-order valence-corrected chi connectivity index (χ3v) is 2.41. The van der Waals surface area contributed by atoms with Crippen LogP contribution >= 0.6 is 0 Å². The molecule has 2 aliphatic rings. The molecule has 1 heterocycles. The molecule has 0 aromatic heterocycles. The second-order valence-electron chi connectivity index (χ2n) is 3.35.